The summed E-state index contributed by atoms with van der Waals surface area (Å²) in [4.78, 5) is 25.5. The van der Waals surface area contributed by atoms with E-state index < -0.39 is 0 Å². The second-order valence-electron chi connectivity index (χ2n) is 6.27. The molecule has 0 bridgehead atoms. The Morgan fingerprint density at radius 3 is 2.48 bits per heavy atom. The number of nitrogens with two attached hydrogens (primary N) is 1. The molecule has 1 atom stereocenters. The van der Waals surface area contributed by atoms with Crippen LogP contribution in [0.5, 0.6) is 0 Å². The molecule has 23 heavy (non-hydrogen) atoms. The minimum atomic E-state index is -0.0616. The van der Waals surface area contributed by atoms with E-state index in [1.807, 2.05) is 30.3 Å². The van der Waals surface area contributed by atoms with Crippen LogP contribution in [-0.2, 0) is 16.0 Å². The van der Waals surface area contributed by atoms with Crippen molar-refractivity contribution < 1.29 is 9.59 Å². The zero-order chi connectivity index (χ0) is 17.2. The molecule has 0 fully saturated rings. The van der Waals surface area contributed by atoms with Gasteiger partial charge in [-0.2, -0.15) is 0 Å². The van der Waals surface area contributed by atoms with Crippen LogP contribution in [0.25, 0.3) is 0 Å². The Kier molecular flexibility index (Phi) is 8.33. The molecule has 0 aromatic heterocycles. The van der Waals surface area contributed by atoms with Crippen molar-refractivity contribution in [2.75, 3.05) is 20.1 Å². The highest BCUT2D eigenvalue weighted by atomic mass is 16.2. The van der Waals surface area contributed by atoms with Crippen LogP contribution in [0.4, 0.5) is 0 Å². The molecule has 1 rings (SSSR count). The normalized spacial score (nSPS) is 12.0. The summed E-state index contributed by atoms with van der Waals surface area (Å²) in [6.07, 6.45) is 1.45. The largest absolute Gasteiger partial charge is 0.355 e. The Labute approximate surface area is 139 Å². The Morgan fingerprint density at radius 2 is 1.87 bits per heavy atom. The first kappa shape index (κ1) is 19.2. The van der Waals surface area contributed by atoms with Gasteiger partial charge >= 0.3 is 0 Å². The fourth-order valence-corrected chi connectivity index (χ4v) is 2.14. The molecular formula is C18H29N3O2. The van der Waals surface area contributed by atoms with Crippen LogP contribution < -0.4 is 11.1 Å². The highest BCUT2D eigenvalue weighted by Crippen LogP contribution is 2.04. The summed E-state index contributed by atoms with van der Waals surface area (Å²) in [5, 5.41) is 2.79. The Bertz CT molecular complexity index is 488. The summed E-state index contributed by atoms with van der Waals surface area (Å²) in [5.41, 5.74) is 6.95. The van der Waals surface area contributed by atoms with E-state index in [0.29, 0.717) is 31.8 Å². The van der Waals surface area contributed by atoms with Crippen molar-refractivity contribution in [2.24, 2.45) is 11.7 Å². The highest BCUT2D eigenvalue weighted by molar-refractivity contribution is 5.80. The smallest absolute Gasteiger partial charge is 0.224 e. The molecule has 1 aromatic rings. The number of hydrogen-bond donors (Lipinski definition) is 2. The zero-order valence-electron chi connectivity index (χ0n) is 14.4. The van der Waals surface area contributed by atoms with Crippen LogP contribution in [0.15, 0.2) is 30.3 Å². The molecule has 0 aliphatic heterocycles. The van der Waals surface area contributed by atoms with Gasteiger partial charge in [-0.05, 0) is 17.9 Å². The maximum Gasteiger partial charge on any atom is 0.224 e. The van der Waals surface area contributed by atoms with Crippen molar-refractivity contribution in [3.8, 4) is 0 Å². The minimum absolute atomic E-state index is 0.0287. The van der Waals surface area contributed by atoms with Crippen molar-refractivity contribution in [3.63, 3.8) is 0 Å². The first-order valence-corrected chi connectivity index (χ1v) is 8.20. The molecule has 1 aromatic carbocycles. The predicted octanol–water partition coefficient (Wildman–Crippen LogP) is 1.57. The quantitative estimate of drug-likeness (QED) is 0.725. The van der Waals surface area contributed by atoms with Gasteiger partial charge in [-0.15, -0.1) is 0 Å². The van der Waals surface area contributed by atoms with Gasteiger partial charge in [-0.3, -0.25) is 9.59 Å². The molecular weight excluding hydrogens is 290 g/mol. The molecule has 0 aliphatic carbocycles. The number of nitrogens with zero attached hydrogens (tertiary/aromatic N) is 1. The topological polar surface area (TPSA) is 75.4 Å². The Hall–Kier alpha value is -1.88. The summed E-state index contributed by atoms with van der Waals surface area (Å²) in [7, 11) is 1.78. The van der Waals surface area contributed by atoms with Crippen molar-refractivity contribution >= 4 is 11.8 Å². The number of carbonyl (C=O) groups excluding carboxylic acids is 2. The van der Waals surface area contributed by atoms with Gasteiger partial charge in [-0.25, -0.2) is 0 Å². The maximum absolute atomic E-state index is 12.0. The molecule has 0 spiro atoms. The third-order valence-electron chi connectivity index (χ3n) is 3.95. The average molecular weight is 319 g/mol. The monoisotopic (exact) mass is 319 g/mol. The number of benzene rings is 1. The number of amides is 2. The first-order chi connectivity index (χ1) is 10.9. The average Bonchev–Trinajstić information content (AvgIpc) is 2.52. The van der Waals surface area contributed by atoms with E-state index in [1.165, 1.54) is 0 Å². The molecule has 5 nitrogen and oxygen atoms in total. The van der Waals surface area contributed by atoms with Crippen LogP contribution in [-0.4, -0.2) is 42.9 Å². The van der Waals surface area contributed by atoms with E-state index in [-0.39, 0.29) is 17.9 Å². The predicted molar refractivity (Wildman–Crippen MR) is 92.8 cm³/mol. The molecule has 2 amide bonds. The van der Waals surface area contributed by atoms with E-state index in [0.717, 1.165) is 12.0 Å². The molecule has 0 aliphatic rings. The molecule has 128 valence electrons. The molecule has 3 N–H and O–H groups in total. The van der Waals surface area contributed by atoms with Gasteiger partial charge in [0.2, 0.25) is 11.8 Å². The third kappa shape index (κ3) is 7.79. The zero-order valence-corrected chi connectivity index (χ0v) is 14.4. The number of hydrogen-bond acceptors (Lipinski definition) is 3. The van der Waals surface area contributed by atoms with E-state index in [2.05, 4.69) is 19.2 Å². The van der Waals surface area contributed by atoms with Gasteiger partial charge in [0, 0.05) is 32.6 Å². The van der Waals surface area contributed by atoms with Gasteiger partial charge in [0.15, 0.2) is 0 Å². The number of carbonyl (C=O) groups is 2. The molecule has 1 unspecified atom stereocenters. The van der Waals surface area contributed by atoms with Crippen molar-refractivity contribution in [1.29, 1.82) is 0 Å². The van der Waals surface area contributed by atoms with Crippen LogP contribution in [0.3, 0.4) is 0 Å². The standard InChI is InChI=1S/C18H29N3O2/c1-14(2)16(19)10-12-21(3)18(23)9-11-20-17(22)13-15-7-5-4-6-8-15/h4-8,14,16H,9-13,19H2,1-3H3,(H,20,22). The maximum atomic E-state index is 12.0. The summed E-state index contributed by atoms with van der Waals surface area (Å²) in [6.45, 7) is 5.17. The molecule has 0 saturated carbocycles. The van der Waals surface area contributed by atoms with Crippen molar-refractivity contribution in [3.05, 3.63) is 35.9 Å². The number of nitrogens with one attached hydrogen (secondary N) is 1. The van der Waals surface area contributed by atoms with E-state index in [1.54, 1.807) is 11.9 Å². The molecule has 5 heteroatoms. The SMILES string of the molecule is CC(C)C(N)CCN(C)C(=O)CCNC(=O)Cc1ccccc1. The van der Waals surface area contributed by atoms with Gasteiger partial charge in [0.1, 0.15) is 0 Å². The van der Waals surface area contributed by atoms with E-state index in [4.69, 9.17) is 5.73 Å². The molecule has 0 saturated heterocycles. The lowest BCUT2D eigenvalue weighted by Crippen LogP contribution is -2.36. The lowest BCUT2D eigenvalue weighted by molar-refractivity contribution is -0.130. The van der Waals surface area contributed by atoms with Crippen molar-refractivity contribution in [1.82, 2.24) is 10.2 Å². The van der Waals surface area contributed by atoms with Crippen molar-refractivity contribution in [2.45, 2.75) is 39.2 Å². The van der Waals surface area contributed by atoms with Crippen LogP contribution in [0.1, 0.15) is 32.3 Å². The fourth-order valence-electron chi connectivity index (χ4n) is 2.14. The van der Waals surface area contributed by atoms with Gasteiger partial charge in [-0.1, -0.05) is 44.2 Å². The Morgan fingerprint density at radius 1 is 1.22 bits per heavy atom. The summed E-state index contributed by atoms with van der Waals surface area (Å²) in [5.74, 6) is 0.380. The second-order valence-corrected chi connectivity index (χ2v) is 6.27. The second kappa shape index (κ2) is 10.0. The summed E-state index contributed by atoms with van der Waals surface area (Å²) < 4.78 is 0. The van der Waals surface area contributed by atoms with Crippen LogP contribution in [0.2, 0.25) is 0 Å². The fraction of sp³-hybridized carbons (Fsp3) is 0.556. The summed E-state index contributed by atoms with van der Waals surface area (Å²) >= 11 is 0. The number of rotatable bonds is 9. The van der Waals surface area contributed by atoms with Gasteiger partial charge in [0.05, 0.1) is 6.42 Å². The lowest BCUT2D eigenvalue weighted by Gasteiger charge is -2.21. The van der Waals surface area contributed by atoms with Crippen LogP contribution in [0, 0.1) is 5.92 Å². The first-order valence-electron chi connectivity index (χ1n) is 8.20. The third-order valence-corrected chi connectivity index (χ3v) is 3.95. The highest BCUT2D eigenvalue weighted by Gasteiger charge is 2.13. The summed E-state index contributed by atoms with van der Waals surface area (Å²) in [6, 6.07) is 9.66. The van der Waals surface area contributed by atoms with Gasteiger partial charge in [0.25, 0.3) is 0 Å². The van der Waals surface area contributed by atoms with E-state index >= 15 is 0 Å². The minimum Gasteiger partial charge on any atom is -0.355 e. The molecule has 0 heterocycles. The Balaban J connectivity index is 2.21. The van der Waals surface area contributed by atoms with E-state index in [9.17, 15) is 9.59 Å². The molecule has 0 radical (unpaired) electrons. The van der Waals surface area contributed by atoms with Crippen LogP contribution >= 0.6 is 0 Å². The lowest BCUT2D eigenvalue weighted by atomic mass is 10.0. The van der Waals surface area contributed by atoms with Gasteiger partial charge < -0.3 is 16.0 Å².